The van der Waals surface area contributed by atoms with Crippen molar-refractivity contribution in [2.24, 2.45) is 11.7 Å². The van der Waals surface area contributed by atoms with Crippen LogP contribution in [-0.4, -0.2) is 31.3 Å². The Bertz CT molecular complexity index is 520. The highest BCUT2D eigenvalue weighted by Crippen LogP contribution is 2.24. The smallest absolute Gasteiger partial charge is 0.252 e. The van der Waals surface area contributed by atoms with E-state index in [0.29, 0.717) is 17.3 Å². The van der Waals surface area contributed by atoms with Gasteiger partial charge >= 0.3 is 0 Å². The lowest BCUT2D eigenvalue weighted by molar-refractivity contribution is 0.429. The maximum absolute atomic E-state index is 12.2. The lowest BCUT2D eigenvalue weighted by Gasteiger charge is -2.16. The second kappa shape index (κ2) is 6.10. The molecule has 1 rings (SSSR count). The third kappa shape index (κ3) is 3.74. The van der Waals surface area contributed by atoms with E-state index >= 15 is 0 Å². The summed E-state index contributed by atoms with van der Waals surface area (Å²) in [4.78, 5) is 0.854. The second-order valence-corrected chi connectivity index (χ2v) is 8.29. The van der Waals surface area contributed by atoms with Gasteiger partial charge in [-0.2, -0.15) is 0 Å². The summed E-state index contributed by atoms with van der Waals surface area (Å²) in [6.45, 7) is 4.65. The van der Waals surface area contributed by atoms with Gasteiger partial charge in [-0.3, -0.25) is 0 Å². The highest BCUT2D eigenvalue weighted by atomic mass is 32.2. The maximum Gasteiger partial charge on any atom is 0.252 e. The van der Waals surface area contributed by atoms with Crippen molar-refractivity contribution in [1.82, 2.24) is 4.31 Å². The molecular formula is C11H18N2O2S3. The Morgan fingerprint density at radius 2 is 2.11 bits per heavy atom. The summed E-state index contributed by atoms with van der Waals surface area (Å²) in [5.41, 5.74) is 5.48. The number of thiophene rings is 1. The van der Waals surface area contributed by atoms with Crippen molar-refractivity contribution in [2.75, 3.05) is 13.6 Å². The molecule has 7 heteroatoms. The van der Waals surface area contributed by atoms with Crippen LogP contribution in [-0.2, 0) is 10.0 Å². The Morgan fingerprint density at radius 3 is 2.56 bits per heavy atom. The number of thiocarbonyl (C=S) groups is 1. The summed E-state index contributed by atoms with van der Waals surface area (Å²) in [7, 11) is -1.82. The van der Waals surface area contributed by atoms with Crippen molar-refractivity contribution >= 4 is 38.6 Å². The number of hydrogen-bond donors (Lipinski definition) is 1. The van der Waals surface area contributed by atoms with Crippen LogP contribution < -0.4 is 5.73 Å². The first kappa shape index (κ1) is 15.6. The van der Waals surface area contributed by atoms with E-state index < -0.39 is 10.0 Å². The molecule has 0 radical (unpaired) electrons. The van der Waals surface area contributed by atoms with Gasteiger partial charge in [0.2, 0.25) is 0 Å². The monoisotopic (exact) mass is 306 g/mol. The Kier molecular flexibility index (Phi) is 5.27. The van der Waals surface area contributed by atoms with Crippen LogP contribution in [0.5, 0.6) is 0 Å². The van der Waals surface area contributed by atoms with E-state index in [1.165, 1.54) is 4.31 Å². The van der Waals surface area contributed by atoms with E-state index in [2.05, 4.69) is 13.8 Å². The van der Waals surface area contributed by atoms with E-state index in [9.17, 15) is 8.42 Å². The van der Waals surface area contributed by atoms with Gasteiger partial charge in [-0.05, 0) is 24.5 Å². The number of nitrogens with two attached hydrogens (primary N) is 1. The van der Waals surface area contributed by atoms with Gasteiger partial charge in [-0.25, -0.2) is 12.7 Å². The van der Waals surface area contributed by atoms with Crippen LogP contribution in [0.2, 0.25) is 0 Å². The fourth-order valence-corrected chi connectivity index (χ4v) is 4.05. The van der Waals surface area contributed by atoms with E-state index in [0.717, 1.165) is 17.8 Å². The molecule has 0 unspecified atom stereocenters. The fraction of sp³-hybridized carbons (Fsp3) is 0.545. The third-order valence-electron chi connectivity index (χ3n) is 2.51. The quantitative estimate of drug-likeness (QED) is 0.817. The summed E-state index contributed by atoms with van der Waals surface area (Å²) in [5.74, 6) is 0.471. The molecule has 0 aromatic carbocycles. The molecule has 0 bridgehead atoms. The minimum atomic E-state index is -3.41. The Balaban J connectivity index is 2.87. The topological polar surface area (TPSA) is 63.4 Å². The van der Waals surface area contributed by atoms with E-state index in [1.54, 1.807) is 19.2 Å². The summed E-state index contributed by atoms with van der Waals surface area (Å²) in [5, 5.41) is 0. The molecule has 0 aliphatic heterocycles. The highest BCUT2D eigenvalue weighted by Gasteiger charge is 2.23. The molecule has 1 aromatic heterocycles. The van der Waals surface area contributed by atoms with Crippen LogP contribution in [0, 0.1) is 5.92 Å². The molecular weight excluding hydrogens is 288 g/mol. The van der Waals surface area contributed by atoms with E-state index in [-0.39, 0.29) is 9.20 Å². The molecule has 1 heterocycles. The minimum Gasteiger partial charge on any atom is -0.389 e. The molecule has 0 aliphatic rings. The van der Waals surface area contributed by atoms with Gasteiger partial charge < -0.3 is 5.73 Å². The van der Waals surface area contributed by atoms with Gasteiger partial charge in [0.05, 0.1) is 4.88 Å². The van der Waals surface area contributed by atoms with Gasteiger partial charge in [0.25, 0.3) is 10.0 Å². The first-order chi connectivity index (χ1) is 8.25. The van der Waals surface area contributed by atoms with Crippen molar-refractivity contribution in [1.29, 1.82) is 0 Å². The Hall–Kier alpha value is -0.500. The lowest BCUT2D eigenvalue weighted by Crippen LogP contribution is -2.28. The van der Waals surface area contributed by atoms with Crippen LogP contribution in [0.15, 0.2) is 16.3 Å². The molecule has 0 fully saturated rings. The highest BCUT2D eigenvalue weighted by molar-refractivity contribution is 7.91. The summed E-state index contributed by atoms with van der Waals surface area (Å²) in [6, 6.07) is 3.20. The first-order valence-corrected chi connectivity index (χ1v) is 8.27. The molecule has 4 nitrogen and oxygen atoms in total. The largest absolute Gasteiger partial charge is 0.389 e. The van der Waals surface area contributed by atoms with Crippen molar-refractivity contribution in [2.45, 2.75) is 24.5 Å². The SMILES string of the molecule is CC(C)CCN(C)S(=O)(=O)c1ccc(C(N)=S)s1. The predicted octanol–water partition coefficient (Wildman–Crippen LogP) is 2.05. The standard InChI is InChI=1S/C11H18N2O2S3/c1-8(2)6-7-13(3)18(14,15)10-5-4-9(17-10)11(12)16/h4-5,8H,6-7H2,1-3H3,(H2,12,16). The van der Waals surface area contributed by atoms with Crippen molar-refractivity contribution in [3.8, 4) is 0 Å². The molecule has 0 saturated carbocycles. The second-order valence-electron chi connectivity index (χ2n) is 4.49. The molecule has 18 heavy (non-hydrogen) atoms. The van der Waals surface area contributed by atoms with E-state index in [4.69, 9.17) is 18.0 Å². The number of nitrogens with zero attached hydrogens (tertiary/aromatic N) is 1. The lowest BCUT2D eigenvalue weighted by atomic mass is 10.1. The van der Waals surface area contributed by atoms with Gasteiger partial charge in [0.1, 0.15) is 9.20 Å². The van der Waals surface area contributed by atoms with Crippen LogP contribution in [0.3, 0.4) is 0 Å². The summed E-state index contributed by atoms with van der Waals surface area (Å²) < 4.78 is 26.1. The molecule has 0 aliphatic carbocycles. The summed E-state index contributed by atoms with van der Waals surface area (Å²) >= 11 is 5.94. The van der Waals surface area contributed by atoms with Gasteiger partial charge in [0, 0.05) is 13.6 Å². The number of hydrogen-bond acceptors (Lipinski definition) is 4. The number of sulfonamides is 1. The molecule has 1 aromatic rings. The van der Waals surface area contributed by atoms with Crippen LogP contribution >= 0.6 is 23.6 Å². The normalized spacial score (nSPS) is 12.3. The third-order valence-corrected chi connectivity index (χ3v) is 6.30. The van der Waals surface area contributed by atoms with E-state index in [1.807, 2.05) is 0 Å². The summed E-state index contributed by atoms with van der Waals surface area (Å²) in [6.07, 6.45) is 0.837. The molecule has 0 saturated heterocycles. The zero-order valence-electron chi connectivity index (χ0n) is 10.7. The number of rotatable bonds is 6. The molecule has 0 amide bonds. The molecule has 0 spiro atoms. The first-order valence-electron chi connectivity index (χ1n) is 5.61. The van der Waals surface area contributed by atoms with Gasteiger partial charge in [-0.1, -0.05) is 26.1 Å². The maximum atomic E-state index is 12.2. The van der Waals surface area contributed by atoms with Crippen molar-refractivity contribution in [3.63, 3.8) is 0 Å². The average Bonchev–Trinajstić information content (AvgIpc) is 2.75. The Labute approximate surface area is 118 Å². The molecule has 2 N–H and O–H groups in total. The van der Waals surface area contributed by atoms with Crippen molar-refractivity contribution < 1.29 is 8.42 Å². The van der Waals surface area contributed by atoms with Crippen LogP contribution in [0.1, 0.15) is 25.1 Å². The zero-order chi connectivity index (χ0) is 13.9. The molecule has 0 atom stereocenters. The Morgan fingerprint density at radius 1 is 1.50 bits per heavy atom. The average molecular weight is 306 g/mol. The van der Waals surface area contributed by atoms with Crippen LogP contribution in [0.4, 0.5) is 0 Å². The van der Waals surface area contributed by atoms with Gasteiger partial charge in [0.15, 0.2) is 0 Å². The predicted molar refractivity (Wildman–Crippen MR) is 79.5 cm³/mol. The van der Waals surface area contributed by atoms with Crippen molar-refractivity contribution in [3.05, 3.63) is 17.0 Å². The molecule has 102 valence electrons. The van der Waals surface area contributed by atoms with Crippen LogP contribution in [0.25, 0.3) is 0 Å². The minimum absolute atomic E-state index is 0.228. The fourth-order valence-electron chi connectivity index (χ4n) is 1.30. The zero-order valence-corrected chi connectivity index (χ0v) is 13.2. The van der Waals surface area contributed by atoms with Gasteiger partial charge in [-0.15, -0.1) is 11.3 Å².